The fourth-order valence-corrected chi connectivity index (χ4v) is 2.76. The van der Waals surface area contributed by atoms with Crippen LogP contribution in [0.3, 0.4) is 0 Å². The summed E-state index contributed by atoms with van der Waals surface area (Å²) >= 11 is 1.28. The molecule has 0 aliphatic rings. The van der Waals surface area contributed by atoms with Crippen molar-refractivity contribution in [3.8, 4) is 11.5 Å². The van der Waals surface area contributed by atoms with Crippen molar-refractivity contribution in [3.63, 3.8) is 0 Å². The molecule has 2 aromatic rings. The predicted octanol–water partition coefficient (Wildman–Crippen LogP) is 2.06. The first-order chi connectivity index (χ1) is 12.0. The zero-order valence-corrected chi connectivity index (χ0v) is 14.6. The van der Waals surface area contributed by atoms with E-state index < -0.39 is 6.09 Å². The van der Waals surface area contributed by atoms with E-state index >= 15 is 0 Å². The van der Waals surface area contributed by atoms with Gasteiger partial charge in [0.15, 0.2) is 11.1 Å². The van der Waals surface area contributed by atoms with Crippen molar-refractivity contribution in [3.05, 3.63) is 34.8 Å². The second-order valence-corrected chi connectivity index (χ2v) is 5.66. The van der Waals surface area contributed by atoms with Crippen molar-refractivity contribution in [2.75, 3.05) is 19.5 Å². The highest BCUT2D eigenvalue weighted by molar-refractivity contribution is 7.13. The molecule has 0 atom stereocenters. The molecule has 0 fully saturated rings. The summed E-state index contributed by atoms with van der Waals surface area (Å²) < 4.78 is 10.6. The van der Waals surface area contributed by atoms with Gasteiger partial charge >= 0.3 is 6.09 Å². The van der Waals surface area contributed by atoms with E-state index in [9.17, 15) is 4.79 Å². The van der Waals surface area contributed by atoms with Gasteiger partial charge in [-0.2, -0.15) is 0 Å². The highest BCUT2D eigenvalue weighted by Crippen LogP contribution is 2.27. The van der Waals surface area contributed by atoms with Crippen LogP contribution < -0.4 is 25.4 Å². The number of amides is 1. The summed E-state index contributed by atoms with van der Waals surface area (Å²) in [6.45, 7) is 0.449. The van der Waals surface area contributed by atoms with E-state index in [0.29, 0.717) is 28.9 Å². The van der Waals surface area contributed by atoms with Gasteiger partial charge in [0.05, 0.1) is 38.6 Å². The normalized spacial score (nSPS) is 10.0. The molecular formula is C15H19N5O4S. The number of thiazole rings is 1. The first-order valence-corrected chi connectivity index (χ1v) is 8.12. The number of ether oxygens (including phenoxy) is 2. The van der Waals surface area contributed by atoms with E-state index in [0.717, 1.165) is 5.56 Å². The third-order valence-electron chi connectivity index (χ3n) is 3.18. The molecule has 1 amide bonds. The maximum absolute atomic E-state index is 10.5. The van der Waals surface area contributed by atoms with E-state index in [4.69, 9.17) is 20.0 Å². The molecular weight excluding hydrogens is 346 g/mol. The Hall–Kier alpha value is -3.01. The number of benzene rings is 1. The van der Waals surface area contributed by atoms with E-state index in [1.165, 1.54) is 11.3 Å². The lowest BCUT2D eigenvalue weighted by Crippen LogP contribution is -2.29. The monoisotopic (exact) mass is 365 g/mol. The van der Waals surface area contributed by atoms with Crippen LogP contribution in [0.2, 0.25) is 0 Å². The lowest BCUT2D eigenvalue weighted by molar-refractivity contribution is 0.194. The molecule has 0 radical (unpaired) electrons. The van der Waals surface area contributed by atoms with Gasteiger partial charge in [0.1, 0.15) is 11.5 Å². The molecule has 25 heavy (non-hydrogen) atoms. The van der Waals surface area contributed by atoms with Crippen molar-refractivity contribution in [2.24, 2.45) is 0 Å². The molecule has 0 aliphatic heterocycles. The average Bonchev–Trinajstić information content (AvgIpc) is 3.05. The second kappa shape index (κ2) is 8.73. The average molecular weight is 365 g/mol. The van der Waals surface area contributed by atoms with Gasteiger partial charge in [0.2, 0.25) is 0 Å². The van der Waals surface area contributed by atoms with Gasteiger partial charge in [0, 0.05) is 5.38 Å². The molecule has 1 heterocycles. The largest absolute Gasteiger partial charge is 0.496 e. The molecule has 1 aromatic carbocycles. The Labute approximate surface area is 148 Å². The van der Waals surface area contributed by atoms with Gasteiger partial charge in [-0.1, -0.05) is 6.07 Å². The maximum Gasteiger partial charge on any atom is 0.404 e. The third kappa shape index (κ3) is 5.24. The van der Waals surface area contributed by atoms with Crippen molar-refractivity contribution in [2.45, 2.75) is 13.1 Å². The topological polar surface area (TPSA) is 129 Å². The smallest absolute Gasteiger partial charge is 0.404 e. The van der Waals surface area contributed by atoms with Gasteiger partial charge in [-0.15, -0.1) is 11.3 Å². The van der Waals surface area contributed by atoms with Gasteiger partial charge in [-0.25, -0.2) is 9.78 Å². The quantitative estimate of drug-likeness (QED) is 0.375. The highest BCUT2D eigenvalue weighted by Gasteiger charge is 2.11. The van der Waals surface area contributed by atoms with Crippen LogP contribution in [0.15, 0.2) is 23.6 Å². The number of guanidine groups is 1. The molecule has 134 valence electrons. The predicted molar refractivity (Wildman–Crippen MR) is 94.7 cm³/mol. The van der Waals surface area contributed by atoms with Gasteiger partial charge in [0.25, 0.3) is 0 Å². The summed E-state index contributed by atoms with van der Waals surface area (Å²) in [7, 11) is 3.15. The van der Waals surface area contributed by atoms with Gasteiger partial charge in [-0.3, -0.25) is 5.41 Å². The number of aromatic nitrogens is 1. The van der Waals surface area contributed by atoms with E-state index in [1.807, 2.05) is 18.2 Å². The van der Waals surface area contributed by atoms with Crippen molar-refractivity contribution < 1.29 is 19.4 Å². The molecule has 9 nitrogen and oxygen atoms in total. The number of methoxy groups -OCH3 is 2. The zero-order chi connectivity index (χ0) is 18.2. The number of carboxylic acid groups (broad SMARTS) is 1. The molecule has 2 rings (SSSR count). The maximum atomic E-state index is 10.5. The minimum Gasteiger partial charge on any atom is -0.496 e. The van der Waals surface area contributed by atoms with Crippen LogP contribution in [-0.2, 0) is 13.1 Å². The number of hydrogen-bond acceptors (Lipinski definition) is 6. The second-order valence-electron chi connectivity index (χ2n) is 4.80. The van der Waals surface area contributed by atoms with E-state index in [-0.39, 0.29) is 12.5 Å². The minimum atomic E-state index is -1.11. The Kier molecular flexibility index (Phi) is 6.40. The summed E-state index contributed by atoms with van der Waals surface area (Å²) in [5.41, 5.74) is 1.37. The molecule has 1 aromatic heterocycles. The van der Waals surface area contributed by atoms with Crippen LogP contribution in [0.5, 0.6) is 11.5 Å². The Morgan fingerprint density at radius 2 is 1.92 bits per heavy atom. The van der Waals surface area contributed by atoms with E-state index in [2.05, 4.69) is 20.9 Å². The Morgan fingerprint density at radius 3 is 2.52 bits per heavy atom. The summed E-state index contributed by atoms with van der Waals surface area (Å²) in [5, 5.41) is 26.7. The van der Waals surface area contributed by atoms with Gasteiger partial charge < -0.3 is 30.5 Å². The molecule has 0 saturated carbocycles. The number of nitrogens with one attached hydrogen (secondary N) is 4. The van der Waals surface area contributed by atoms with Crippen molar-refractivity contribution in [1.82, 2.24) is 15.6 Å². The van der Waals surface area contributed by atoms with Gasteiger partial charge in [-0.05, 0) is 12.1 Å². The number of anilines is 1. The summed E-state index contributed by atoms with van der Waals surface area (Å²) in [6.07, 6.45) is -1.11. The molecule has 0 unspecified atom stereocenters. The first-order valence-electron chi connectivity index (χ1n) is 7.24. The van der Waals surface area contributed by atoms with E-state index in [1.54, 1.807) is 19.6 Å². The Bertz CT molecular complexity index is 727. The lowest BCUT2D eigenvalue weighted by Gasteiger charge is -2.14. The molecule has 0 saturated heterocycles. The van der Waals surface area contributed by atoms with Crippen molar-refractivity contribution >= 4 is 28.5 Å². The summed E-state index contributed by atoms with van der Waals surface area (Å²) in [6, 6.07) is 5.46. The summed E-state index contributed by atoms with van der Waals surface area (Å²) in [5.74, 6) is 1.38. The molecule has 5 N–H and O–H groups in total. The van der Waals surface area contributed by atoms with Crippen LogP contribution in [0.4, 0.5) is 9.93 Å². The third-order valence-corrected chi connectivity index (χ3v) is 3.98. The number of carbonyl (C=O) groups is 1. The highest BCUT2D eigenvalue weighted by atomic mass is 32.1. The minimum absolute atomic E-state index is 0.0556. The molecule has 10 heteroatoms. The van der Waals surface area contributed by atoms with Crippen LogP contribution >= 0.6 is 11.3 Å². The number of nitrogens with zero attached hydrogens (tertiary/aromatic N) is 1. The molecule has 0 bridgehead atoms. The number of hydrogen-bond donors (Lipinski definition) is 5. The fraction of sp³-hybridized carbons (Fsp3) is 0.267. The standard InChI is InChI=1S/C15H19N5O4S/c1-23-11-4-3-5-12(24-2)10(11)7-17-13(16)20-14-19-9(8-25-14)6-18-15(21)22/h3-5,8,18H,6-7H2,1-2H3,(H,21,22)(H3,16,17,19,20). The first kappa shape index (κ1) is 18.3. The summed E-state index contributed by atoms with van der Waals surface area (Å²) in [4.78, 5) is 14.7. The van der Waals surface area contributed by atoms with Crippen LogP contribution in [0.1, 0.15) is 11.3 Å². The Morgan fingerprint density at radius 1 is 1.24 bits per heavy atom. The van der Waals surface area contributed by atoms with Crippen LogP contribution in [0, 0.1) is 5.41 Å². The lowest BCUT2D eigenvalue weighted by atomic mass is 10.1. The molecule has 0 aliphatic carbocycles. The van der Waals surface area contributed by atoms with Crippen molar-refractivity contribution in [1.29, 1.82) is 5.41 Å². The Balaban J connectivity index is 1.92. The fourth-order valence-electron chi connectivity index (χ4n) is 2.04. The molecule has 0 spiro atoms. The zero-order valence-electron chi connectivity index (χ0n) is 13.8. The number of rotatable bonds is 7. The van der Waals surface area contributed by atoms with Crippen LogP contribution in [-0.4, -0.2) is 36.4 Å². The SMILES string of the molecule is COc1cccc(OC)c1CNC(=N)Nc1nc(CNC(=O)O)cs1. The van der Waals surface area contributed by atoms with Crippen LogP contribution in [0.25, 0.3) is 0 Å².